The van der Waals surface area contributed by atoms with E-state index in [2.05, 4.69) is 23.6 Å². The number of aryl methyl sites for hydroxylation is 1. The molecular weight excluding hydrogens is 238 g/mol. The molecule has 1 fully saturated rings. The van der Waals surface area contributed by atoms with Gasteiger partial charge in [0.25, 0.3) is 0 Å². The summed E-state index contributed by atoms with van der Waals surface area (Å²) in [6, 6.07) is 8.19. The van der Waals surface area contributed by atoms with Gasteiger partial charge in [0, 0.05) is 35.3 Å². The van der Waals surface area contributed by atoms with Gasteiger partial charge in [-0.15, -0.1) is 0 Å². The van der Waals surface area contributed by atoms with Crippen LogP contribution in [0.3, 0.4) is 0 Å². The van der Waals surface area contributed by atoms with Crippen LogP contribution in [0.5, 0.6) is 0 Å². The Morgan fingerprint density at radius 1 is 1.37 bits per heavy atom. The molecule has 0 unspecified atom stereocenters. The fraction of sp³-hybridized carbons (Fsp3) is 0.312. The third-order valence-electron chi connectivity index (χ3n) is 3.98. The second-order valence-corrected chi connectivity index (χ2v) is 5.25. The van der Waals surface area contributed by atoms with Crippen molar-refractivity contribution in [1.29, 1.82) is 0 Å². The van der Waals surface area contributed by atoms with Gasteiger partial charge in [0.1, 0.15) is 0 Å². The number of aromatic nitrogens is 1. The van der Waals surface area contributed by atoms with Crippen LogP contribution in [0.25, 0.3) is 16.5 Å². The Bertz CT molecular complexity index is 690. The van der Waals surface area contributed by atoms with Crippen molar-refractivity contribution in [3.8, 4) is 0 Å². The van der Waals surface area contributed by atoms with E-state index in [1.54, 1.807) is 0 Å². The molecule has 0 aliphatic heterocycles. The van der Waals surface area contributed by atoms with Crippen LogP contribution in [0.2, 0.25) is 0 Å². The third kappa shape index (κ3) is 1.95. The van der Waals surface area contributed by atoms with E-state index in [4.69, 9.17) is 5.11 Å². The van der Waals surface area contributed by atoms with Crippen LogP contribution in [0.4, 0.5) is 0 Å². The quantitative estimate of drug-likeness (QED) is 0.854. The zero-order valence-corrected chi connectivity index (χ0v) is 11.2. The van der Waals surface area contributed by atoms with Crippen LogP contribution in [-0.2, 0) is 11.8 Å². The Morgan fingerprint density at radius 2 is 2.05 bits per heavy atom. The first-order valence-electron chi connectivity index (χ1n) is 6.58. The number of benzene rings is 1. The molecule has 0 atom stereocenters. The third-order valence-corrected chi connectivity index (χ3v) is 3.98. The van der Waals surface area contributed by atoms with Gasteiger partial charge in [0.2, 0.25) is 0 Å². The summed E-state index contributed by atoms with van der Waals surface area (Å²) >= 11 is 0. The summed E-state index contributed by atoms with van der Waals surface area (Å²) < 4.78 is 2.14. The number of hydrogen-bond donors (Lipinski definition) is 1. The van der Waals surface area contributed by atoms with Gasteiger partial charge in [-0.25, -0.2) is 4.79 Å². The Morgan fingerprint density at radius 3 is 2.68 bits per heavy atom. The molecule has 1 N–H and O–H groups in total. The molecule has 98 valence electrons. The number of carbonyl (C=O) groups is 1. The van der Waals surface area contributed by atoms with E-state index < -0.39 is 5.97 Å². The molecule has 3 rings (SSSR count). The maximum atomic E-state index is 11.1. The van der Waals surface area contributed by atoms with Crippen molar-refractivity contribution < 1.29 is 9.90 Å². The molecule has 1 aromatic carbocycles. The van der Waals surface area contributed by atoms with Gasteiger partial charge in [-0.2, -0.15) is 0 Å². The second kappa shape index (κ2) is 4.26. The highest BCUT2D eigenvalue weighted by Crippen LogP contribution is 2.45. The molecule has 1 aliphatic rings. The van der Waals surface area contributed by atoms with Gasteiger partial charge in [-0.1, -0.05) is 18.2 Å². The number of fused-ring (bicyclic) bond motifs is 1. The molecule has 1 saturated carbocycles. The van der Waals surface area contributed by atoms with Crippen molar-refractivity contribution in [3.05, 3.63) is 41.6 Å². The Balaban J connectivity index is 2.29. The highest BCUT2D eigenvalue weighted by Gasteiger charge is 2.30. The van der Waals surface area contributed by atoms with Crippen molar-refractivity contribution in [2.75, 3.05) is 0 Å². The lowest BCUT2D eigenvalue weighted by molar-refractivity contribution is -0.131. The smallest absolute Gasteiger partial charge is 0.328 e. The molecule has 1 aromatic heterocycles. The maximum Gasteiger partial charge on any atom is 0.328 e. The van der Waals surface area contributed by atoms with E-state index in [0.717, 1.165) is 40.6 Å². The number of para-hydroxylation sites is 1. The lowest BCUT2D eigenvalue weighted by Crippen LogP contribution is -1.97. The highest BCUT2D eigenvalue weighted by molar-refractivity contribution is 6.00. The number of hydrogen-bond acceptors (Lipinski definition) is 1. The highest BCUT2D eigenvalue weighted by atomic mass is 16.4. The van der Waals surface area contributed by atoms with Crippen molar-refractivity contribution in [2.45, 2.75) is 19.8 Å². The van der Waals surface area contributed by atoms with Crippen molar-refractivity contribution >= 4 is 22.4 Å². The van der Waals surface area contributed by atoms with Crippen LogP contribution in [0, 0.1) is 12.8 Å². The largest absolute Gasteiger partial charge is 0.478 e. The van der Waals surface area contributed by atoms with E-state index in [0.29, 0.717) is 5.92 Å². The average Bonchev–Trinajstić information content (AvgIpc) is 3.18. The van der Waals surface area contributed by atoms with E-state index in [9.17, 15) is 4.79 Å². The van der Waals surface area contributed by atoms with Crippen molar-refractivity contribution in [3.63, 3.8) is 0 Å². The first-order valence-corrected chi connectivity index (χ1v) is 6.58. The molecule has 1 aliphatic carbocycles. The van der Waals surface area contributed by atoms with E-state index in [-0.39, 0.29) is 0 Å². The fourth-order valence-electron chi connectivity index (χ4n) is 2.81. The van der Waals surface area contributed by atoms with Crippen LogP contribution >= 0.6 is 0 Å². The van der Waals surface area contributed by atoms with E-state index in [1.165, 1.54) is 6.08 Å². The Labute approximate surface area is 112 Å². The topological polar surface area (TPSA) is 42.2 Å². The van der Waals surface area contributed by atoms with E-state index >= 15 is 0 Å². The first-order chi connectivity index (χ1) is 9.09. The maximum absolute atomic E-state index is 11.1. The van der Waals surface area contributed by atoms with Crippen LogP contribution in [0.1, 0.15) is 24.1 Å². The lowest BCUT2D eigenvalue weighted by Gasteiger charge is -2.06. The minimum absolute atomic E-state index is 0.417. The van der Waals surface area contributed by atoms with Gasteiger partial charge in [0.15, 0.2) is 0 Å². The molecule has 0 bridgehead atoms. The predicted molar refractivity (Wildman–Crippen MR) is 76.0 cm³/mol. The zero-order chi connectivity index (χ0) is 13.6. The van der Waals surface area contributed by atoms with Gasteiger partial charge in [-0.05, 0) is 37.3 Å². The minimum atomic E-state index is -0.853. The Hall–Kier alpha value is -2.03. The summed E-state index contributed by atoms with van der Waals surface area (Å²) in [5.41, 5.74) is 4.40. The van der Waals surface area contributed by atoms with E-state index in [1.807, 2.05) is 19.2 Å². The summed E-state index contributed by atoms with van der Waals surface area (Å²) in [5.74, 6) is -0.435. The van der Waals surface area contributed by atoms with Crippen LogP contribution in [0.15, 0.2) is 30.3 Å². The summed E-state index contributed by atoms with van der Waals surface area (Å²) in [6.07, 6.45) is 3.59. The number of rotatable bonds is 3. The molecule has 3 heteroatoms. The fourth-order valence-corrected chi connectivity index (χ4v) is 2.81. The molecule has 0 spiro atoms. The summed E-state index contributed by atoms with van der Waals surface area (Å²) in [4.78, 5) is 11.1. The number of allylic oxidation sites excluding steroid dienone is 1. The van der Waals surface area contributed by atoms with Crippen molar-refractivity contribution in [1.82, 2.24) is 4.57 Å². The normalized spacial score (nSPS) is 16.0. The second-order valence-electron chi connectivity index (χ2n) is 5.25. The lowest BCUT2D eigenvalue weighted by atomic mass is 9.98. The molecule has 0 radical (unpaired) electrons. The van der Waals surface area contributed by atoms with Gasteiger partial charge in [0.05, 0.1) is 0 Å². The molecule has 0 amide bonds. The predicted octanol–water partition coefficient (Wildman–Crippen LogP) is 3.36. The van der Waals surface area contributed by atoms with Gasteiger partial charge >= 0.3 is 5.97 Å². The summed E-state index contributed by atoms with van der Waals surface area (Å²) in [7, 11) is 2.03. The first kappa shape index (κ1) is 12.0. The molecule has 19 heavy (non-hydrogen) atoms. The summed E-state index contributed by atoms with van der Waals surface area (Å²) in [5, 5.41) is 10.3. The van der Waals surface area contributed by atoms with Crippen LogP contribution < -0.4 is 0 Å². The molecular formula is C16H17NO2. The molecule has 0 saturated heterocycles. The average molecular weight is 255 g/mol. The van der Waals surface area contributed by atoms with Gasteiger partial charge < -0.3 is 9.67 Å². The van der Waals surface area contributed by atoms with Crippen molar-refractivity contribution in [2.24, 2.45) is 13.0 Å². The summed E-state index contributed by atoms with van der Waals surface area (Å²) in [6.45, 7) is 2.06. The van der Waals surface area contributed by atoms with Crippen LogP contribution in [-0.4, -0.2) is 15.6 Å². The molecule has 2 aromatic rings. The van der Waals surface area contributed by atoms with Gasteiger partial charge in [-0.3, -0.25) is 0 Å². The monoisotopic (exact) mass is 255 g/mol. The molecule has 1 heterocycles. The number of carboxylic acid groups (broad SMARTS) is 1. The zero-order valence-electron chi connectivity index (χ0n) is 11.2. The number of aliphatic carboxylic acids is 1. The Kier molecular flexibility index (Phi) is 2.70. The molecule has 3 nitrogen and oxygen atoms in total. The number of nitrogens with zero attached hydrogens (tertiary/aromatic N) is 1. The SMILES string of the molecule is Cc1c(/C(=C/C(=O)O)C2CC2)c2ccccc2n1C. The number of carboxylic acids is 1. The standard InChI is InChI=1S/C16H17NO2/c1-10-16(13(9-15(18)19)11-7-8-11)12-5-3-4-6-14(12)17(10)2/h3-6,9,11H,7-8H2,1-2H3,(H,18,19)/b13-9+. The minimum Gasteiger partial charge on any atom is -0.478 e.